The van der Waals surface area contributed by atoms with E-state index < -0.39 is 0 Å². The van der Waals surface area contributed by atoms with Crippen LogP contribution in [0.5, 0.6) is 0 Å². The standard InChI is InChI=1S/C10H21NO.CH4/c1-7(2)10(12)9(5)11(6)8(3)4;/h7-9H,1-6H3;1H4. The number of hydrogen-bond donors (Lipinski definition) is 0. The molecule has 0 amide bonds. The van der Waals surface area contributed by atoms with E-state index in [1.807, 2.05) is 27.8 Å². The molecule has 0 aliphatic heterocycles. The molecule has 0 saturated heterocycles. The molecule has 0 saturated carbocycles. The predicted molar refractivity (Wildman–Crippen MR) is 58.9 cm³/mol. The van der Waals surface area contributed by atoms with E-state index in [9.17, 15) is 4.79 Å². The van der Waals surface area contributed by atoms with E-state index in [1.54, 1.807) is 0 Å². The number of hydrogen-bond acceptors (Lipinski definition) is 2. The largest absolute Gasteiger partial charge is 0.298 e. The number of rotatable bonds is 4. The molecule has 0 aliphatic rings. The van der Waals surface area contributed by atoms with Crippen LogP contribution in [0.1, 0.15) is 42.0 Å². The van der Waals surface area contributed by atoms with Gasteiger partial charge in [0.25, 0.3) is 0 Å². The van der Waals surface area contributed by atoms with Crippen LogP contribution >= 0.6 is 0 Å². The lowest BCUT2D eigenvalue weighted by Crippen LogP contribution is -2.42. The summed E-state index contributed by atoms with van der Waals surface area (Å²) in [5, 5.41) is 0. The zero-order valence-corrected chi connectivity index (χ0v) is 9.09. The first kappa shape index (κ1) is 15.1. The lowest BCUT2D eigenvalue weighted by atomic mass is 10.0. The zero-order chi connectivity index (χ0) is 9.89. The van der Waals surface area contributed by atoms with Gasteiger partial charge in [0, 0.05) is 12.0 Å². The van der Waals surface area contributed by atoms with Gasteiger partial charge >= 0.3 is 0 Å². The van der Waals surface area contributed by atoms with Gasteiger partial charge in [0.15, 0.2) is 5.78 Å². The first-order valence-electron chi connectivity index (χ1n) is 4.63. The van der Waals surface area contributed by atoms with E-state index in [0.717, 1.165) is 0 Å². The van der Waals surface area contributed by atoms with Crippen LogP contribution in [0.25, 0.3) is 0 Å². The van der Waals surface area contributed by atoms with Crippen LogP contribution in [-0.4, -0.2) is 29.8 Å². The second-order valence-corrected chi connectivity index (χ2v) is 3.99. The molecular formula is C11H25NO. The lowest BCUT2D eigenvalue weighted by molar-refractivity contribution is -0.126. The van der Waals surface area contributed by atoms with Crippen molar-refractivity contribution in [3.63, 3.8) is 0 Å². The van der Waals surface area contributed by atoms with Gasteiger partial charge in [0.05, 0.1) is 6.04 Å². The third-order valence-electron chi connectivity index (χ3n) is 2.41. The first-order chi connectivity index (χ1) is 5.37. The molecule has 0 bridgehead atoms. The SMILES string of the molecule is C.CC(C)C(=O)C(C)N(C)C(C)C. The molecular weight excluding hydrogens is 162 g/mol. The summed E-state index contributed by atoms with van der Waals surface area (Å²) in [5.74, 6) is 0.465. The minimum atomic E-state index is 0. The Hall–Kier alpha value is -0.370. The maximum Gasteiger partial charge on any atom is 0.152 e. The molecule has 13 heavy (non-hydrogen) atoms. The van der Waals surface area contributed by atoms with Crippen LogP contribution < -0.4 is 0 Å². The fourth-order valence-electron chi connectivity index (χ4n) is 1.13. The normalized spacial score (nSPS) is 13.3. The summed E-state index contributed by atoms with van der Waals surface area (Å²) in [6, 6.07) is 0.479. The molecule has 0 spiro atoms. The van der Waals surface area contributed by atoms with Gasteiger partial charge in [-0.25, -0.2) is 0 Å². The lowest BCUT2D eigenvalue weighted by Gasteiger charge is -2.28. The van der Waals surface area contributed by atoms with Crippen LogP contribution in [0.3, 0.4) is 0 Å². The second kappa shape index (κ2) is 6.14. The van der Waals surface area contributed by atoms with Gasteiger partial charge in [-0.15, -0.1) is 0 Å². The fraction of sp³-hybridized carbons (Fsp3) is 0.909. The molecule has 0 heterocycles. The van der Waals surface area contributed by atoms with E-state index in [-0.39, 0.29) is 19.4 Å². The Kier molecular flexibility index (Phi) is 7.14. The van der Waals surface area contributed by atoms with E-state index >= 15 is 0 Å². The molecule has 0 fully saturated rings. The molecule has 0 aromatic heterocycles. The minimum Gasteiger partial charge on any atom is -0.298 e. The number of carbonyl (C=O) groups excluding carboxylic acids is 1. The third kappa shape index (κ3) is 4.41. The summed E-state index contributed by atoms with van der Waals surface area (Å²) >= 11 is 0. The van der Waals surface area contributed by atoms with Crippen molar-refractivity contribution in [2.75, 3.05) is 7.05 Å². The van der Waals surface area contributed by atoms with Gasteiger partial charge in [0.2, 0.25) is 0 Å². The van der Waals surface area contributed by atoms with Gasteiger partial charge < -0.3 is 0 Å². The summed E-state index contributed by atoms with van der Waals surface area (Å²) in [4.78, 5) is 13.6. The number of likely N-dealkylation sites (N-methyl/N-ethyl adjacent to an activating group) is 1. The highest BCUT2D eigenvalue weighted by molar-refractivity contribution is 5.85. The van der Waals surface area contributed by atoms with Crippen molar-refractivity contribution >= 4 is 5.78 Å². The Morgan fingerprint density at radius 1 is 1.08 bits per heavy atom. The molecule has 1 atom stereocenters. The van der Waals surface area contributed by atoms with Crippen LogP contribution in [0.2, 0.25) is 0 Å². The Balaban J connectivity index is 0. The van der Waals surface area contributed by atoms with Crippen LogP contribution in [-0.2, 0) is 4.79 Å². The number of nitrogens with zero attached hydrogens (tertiary/aromatic N) is 1. The van der Waals surface area contributed by atoms with Gasteiger partial charge in [-0.05, 0) is 27.8 Å². The van der Waals surface area contributed by atoms with Crippen molar-refractivity contribution in [2.24, 2.45) is 5.92 Å². The summed E-state index contributed by atoms with van der Waals surface area (Å²) in [6.07, 6.45) is 0. The quantitative estimate of drug-likeness (QED) is 0.674. The first-order valence-corrected chi connectivity index (χ1v) is 4.63. The number of carbonyl (C=O) groups is 1. The predicted octanol–water partition coefficient (Wildman–Crippen LogP) is 2.58. The Labute approximate surface area is 83.3 Å². The Morgan fingerprint density at radius 3 is 1.69 bits per heavy atom. The maximum absolute atomic E-state index is 11.5. The zero-order valence-electron chi connectivity index (χ0n) is 9.09. The van der Waals surface area contributed by atoms with Crippen molar-refractivity contribution in [1.29, 1.82) is 0 Å². The van der Waals surface area contributed by atoms with Crippen molar-refractivity contribution in [3.05, 3.63) is 0 Å². The van der Waals surface area contributed by atoms with E-state index in [1.165, 1.54) is 0 Å². The van der Waals surface area contributed by atoms with Crippen LogP contribution in [0.15, 0.2) is 0 Å². The Morgan fingerprint density at radius 2 is 1.46 bits per heavy atom. The van der Waals surface area contributed by atoms with Crippen molar-refractivity contribution in [3.8, 4) is 0 Å². The number of ketones is 1. The molecule has 0 aliphatic carbocycles. The second-order valence-electron chi connectivity index (χ2n) is 3.99. The van der Waals surface area contributed by atoms with Crippen molar-refractivity contribution in [2.45, 2.75) is 54.1 Å². The fourth-order valence-corrected chi connectivity index (χ4v) is 1.13. The average Bonchev–Trinajstić information content (AvgIpc) is 2.00. The average molecular weight is 187 g/mol. The van der Waals surface area contributed by atoms with E-state index in [2.05, 4.69) is 18.7 Å². The third-order valence-corrected chi connectivity index (χ3v) is 2.41. The summed E-state index contributed by atoms with van der Waals surface area (Å²) in [7, 11) is 2.00. The van der Waals surface area contributed by atoms with E-state index in [0.29, 0.717) is 11.8 Å². The molecule has 2 nitrogen and oxygen atoms in total. The van der Waals surface area contributed by atoms with Gasteiger partial charge in [-0.3, -0.25) is 9.69 Å². The monoisotopic (exact) mass is 187 g/mol. The van der Waals surface area contributed by atoms with Crippen LogP contribution in [0.4, 0.5) is 0 Å². The topological polar surface area (TPSA) is 20.3 Å². The number of Topliss-reactive ketones (excluding diaryl/α,β-unsaturated/α-hetero) is 1. The summed E-state index contributed by atoms with van der Waals surface area (Å²) in [5.41, 5.74) is 0. The van der Waals surface area contributed by atoms with Crippen LogP contribution in [0, 0.1) is 5.92 Å². The highest BCUT2D eigenvalue weighted by Crippen LogP contribution is 2.07. The van der Waals surface area contributed by atoms with E-state index in [4.69, 9.17) is 0 Å². The van der Waals surface area contributed by atoms with Gasteiger partial charge in [-0.1, -0.05) is 21.3 Å². The Bertz CT molecular complexity index is 152. The minimum absolute atomic E-state index is 0. The highest BCUT2D eigenvalue weighted by atomic mass is 16.1. The molecule has 0 aromatic rings. The molecule has 0 rings (SSSR count). The molecule has 2 heteroatoms. The molecule has 0 N–H and O–H groups in total. The summed E-state index contributed by atoms with van der Waals surface area (Å²) < 4.78 is 0. The molecule has 80 valence electrons. The molecule has 0 radical (unpaired) electrons. The van der Waals surface area contributed by atoms with Gasteiger partial charge in [0.1, 0.15) is 0 Å². The summed E-state index contributed by atoms with van der Waals surface area (Å²) in [6.45, 7) is 10.1. The van der Waals surface area contributed by atoms with Gasteiger partial charge in [-0.2, -0.15) is 0 Å². The maximum atomic E-state index is 11.5. The van der Waals surface area contributed by atoms with Crippen molar-refractivity contribution in [1.82, 2.24) is 4.90 Å². The smallest absolute Gasteiger partial charge is 0.152 e. The highest BCUT2D eigenvalue weighted by Gasteiger charge is 2.21. The molecule has 0 aromatic carbocycles. The molecule has 1 unspecified atom stereocenters. The van der Waals surface area contributed by atoms with Crippen molar-refractivity contribution < 1.29 is 4.79 Å².